The lowest BCUT2D eigenvalue weighted by molar-refractivity contribution is 0.292. The largest absolute Gasteiger partial charge is 0.489 e. The molecule has 0 aliphatic rings. The number of ether oxygens (including phenoxy) is 1. The van der Waals surface area contributed by atoms with Crippen LogP contribution in [0.15, 0.2) is 48.4 Å². The van der Waals surface area contributed by atoms with Crippen LogP contribution in [0.4, 0.5) is 5.69 Å². The molecular formula is C15H12ClN5O. The number of hydrogen-bond donors (Lipinski definition) is 1. The quantitative estimate of drug-likeness (QED) is 0.828. The van der Waals surface area contributed by atoms with E-state index in [0.29, 0.717) is 29.6 Å². The molecule has 22 heavy (non-hydrogen) atoms. The predicted octanol–water partition coefficient (Wildman–Crippen LogP) is 2.96. The average Bonchev–Trinajstić information content (AvgIpc) is 2.95. The summed E-state index contributed by atoms with van der Waals surface area (Å²) in [4.78, 5) is 0. The van der Waals surface area contributed by atoms with Crippen LogP contribution in [0.3, 0.4) is 0 Å². The van der Waals surface area contributed by atoms with Gasteiger partial charge in [-0.3, -0.25) is 4.68 Å². The number of para-hydroxylation sites is 2. The molecule has 2 aromatic rings. The summed E-state index contributed by atoms with van der Waals surface area (Å²) in [6.45, 7) is 0.961. The third kappa shape index (κ3) is 4.27. The van der Waals surface area contributed by atoms with E-state index in [1.54, 1.807) is 41.3 Å². The topological polar surface area (TPSA) is 86.7 Å². The lowest BCUT2D eigenvalue weighted by Crippen LogP contribution is -2.09. The molecule has 0 saturated carbocycles. The number of allylic oxidation sites excluding steroid dienone is 1. The molecule has 1 aromatic heterocycles. The minimum Gasteiger partial charge on any atom is -0.489 e. The first-order chi connectivity index (χ1) is 10.7. The van der Waals surface area contributed by atoms with Gasteiger partial charge in [-0.15, -0.1) is 0 Å². The van der Waals surface area contributed by atoms with Crippen molar-refractivity contribution < 1.29 is 4.74 Å². The van der Waals surface area contributed by atoms with Crippen molar-refractivity contribution in [2.45, 2.75) is 6.54 Å². The van der Waals surface area contributed by atoms with Crippen molar-refractivity contribution in [3.63, 3.8) is 0 Å². The summed E-state index contributed by atoms with van der Waals surface area (Å²) < 4.78 is 7.37. The van der Waals surface area contributed by atoms with Gasteiger partial charge in [-0.1, -0.05) is 23.7 Å². The van der Waals surface area contributed by atoms with Gasteiger partial charge >= 0.3 is 0 Å². The summed E-state index contributed by atoms with van der Waals surface area (Å²) >= 11 is 5.79. The summed E-state index contributed by atoms with van der Waals surface area (Å²) in [6.07, 6.45) is 4.62. The van der Waals surface area contributed by atoms with E-state index in [9.17, 15) is 0 Å². The summed E-state index contributed by atoms with van der Waals surface area (Å²) in [5, 5.41) is 24.9. The highest BCUT2D eigenvalue weighted by Gasteiger charge is 2.03. The van der Waals surface area contributed by atoms with Crippen molar-refractivity contribution in [1.82, 2.24) is 9.78 Å². The van der Waals surface area contributed by atoms with E-state index >= 15 is 0 Å². The van der Waals surface area contributed by atoms with Gasteiger partial charge in [0, 0.05) is 12.4 Å². The molecule has 0 spiro atoms. The first-order valence-electron chi connectivity index (χ1n) is 6.39. The van der Waals surface area contributed by atoms with E-state index in [0.717, 1.165) is 0 Å². The van der Waals surface area contributed by atoms with Gasteiger partial charge in [0.1, 0.15) is 30.1 Å². The monoisotopic (exact) mass is 313 g/mol. The number of rotatable bonds is 6. The standard InChI is InChI=1S/C15H12ClN5O/c16-13-10-20-21(11-13)5-6-22-15-4-2-1-3-14(15)19-9-12(7-17)8-18/h1-4,9-11,19H,5-6H2. The fraction of sp³-hybridized carbons (Fsp3) is 0.133. The second kappa shape index (κ2) is 7.72. The van der Waals surface area contributed by atoms with E-state index in [1.165, 1.54) is 6.20 Å². The molecule has 6 nitrogen and oxygen atoms in total. The zero-order valence-electron chi connectivity index (χ0n) is 11.5. The highest BCUT2D eigenvalue weighted by Crippen LogP contribution is 2.24. The maximum absolute atomic E-state index is 8.71. The lowest BCUT2D eigenvalue weighted by atomic mass is 10.3. The minimum absolute atomic E-state index is 0.0130. The molecule has 7 heteroatoms. The Morgan fingerprint density at radius 3 is 2.82 bits per heavy atom. The molecule has 0 bridgehead atoms. The first kappa shape index (κ1) is 15.4. The first-order valence-corrected chi connectivity index (χ1v) is 6.77. The third-order valence-electron chi connectivity index (χ3n) is 2.68. The summed E-state index contributed by atoms with van der Waals surface area (Å²) in [5.41, 5.74) is 0.657. The van der Waals surface area contributed by atoms with Crippen LogP contribution in [0.5, 0.6) is 5.75 Å². The number of anilines is 1. The number of aromatic nitrogens is 2. The molecule has 2 rings (SSSR count). The molecule has 0 amide bonds. The Balaban J connectivity index is 1.98. The third-order valence-corrected chi connectivity index (χ3v) is 2.87. The van der Waals surface area contributed by atoms with Gasteiger partial charge in [0.25, 0.3) is 0 Å². The van der Waals surface area contributed by atoms with Crippen molar-refractivity contribution in [2.75, 3.05) is 11.9 Å². The molecule has 0 atom stereocenters. The highest BCUT2D eigenvalue weighted by molar-refractivity contribution is 6.30. The van der Waals surface area contributed by atoms with Crippen molar-refractivity contribution >= 4 is 17.3 Å². The van der Waals surface area contributed by atoms with Crippen molar-refractivity contribution in [1.29, 1.82) is 10.5 Å². The van der Waals surface area contributed by atoms with E-state index in [2.05, 4.69) is 10.4 Å². The van der Waals surface area contributed by atoms with Crippen LogP contribution < -0.4 is 10.1 Å². The number of halogens is 1. The Labute approximate surface area is 132 Å². The average molecular weight is 314 g/mol. The molecule has 110 valence electrons. The highest BCUT2D eigenvalue weighted by atomic mass is 35.5. The molecule has 0 aliphatic heterocycles. The maximum Gasteiger partial charge on any atom is 0.145 e. The summed E-state index contributed by atoms with van der Waals surface area (Å²) in [5.74, 6) is 0.618. The van der Waals surface area contributed by atoms with Crippen LogP contribution in [-0.2, 0) is 6.54 Å². The van der Waals surface area contributed by atoms with Crippen molar-refractivity contribution in [2.24, 2.45) is 0 Å². The molecule has 1 aromatic carbocycles. The normalized spacial score (nSPS) is 9.41. The van der Waals surface area contributed by atoms with Crippen molar-refractivity contribution in [3.8, 4) is 17.9 Å². The smallest absolute Gasteiger partial charge is 0.145 e. The molecule has 1 heterocycles. The number of nitrogens with zero attached hydrogens (tertiary/aromatic N) is 4. The lowest BCUT2D eigenvalue weighted by Gasteiger charge is -2.11. The number of hydrogen-bond acceptors (Lipinski definition) is 5. The summed E-state index contributed by atoms with van der Waals surface area (Å²) in [7, 11) is 0. The van der Waals surface area contributed by atoms with Crippen LogP contribution in [0.25, 0.3) is 0 Å². The maximum atomic E-state index is 8.71. The molecular weight excluding hydrogens is 302 g/mol. The van der Waals surface area contributed by atoms with Crippen LogP contribution in [0.1, 0.15) is 0 Å². The van der Waals surface area contributed by atoms with E-state index in [4.69, 9.17) is 26.9 Å². The van der Waals surface area contributed by atoms with E-state index in [-0.39, 0.29) is 5.57 Å². The Bertz CT molecular complexity index is 738. The molecule has 0 saturated heterocycles. The SMILES string of the molecule is N#CC(C#N)=CNc1ccccc1OCCn1cc(Cl)cn1. The van der Waals surface area contributed by atoms with Crippen LogP contribution in [0.2, 0.25) is 5.02 Å². The zero-order chi connectivity index (χ0) is 15.8. The number of benzene rings is 1. The van der Waals surface area contributed by atoms with Gasteiger partial charge in [-0.2, -0.15) is 15.6 Å². The van der Waals surface area contributed by atoms with Gasteiger partial charge in [0.2, 0.25) is 0 Å². The van der Waals surface area contributed by atoms with Crippen LogP contribution in [-0.4, -0.2) is 16.4 Å². The van der Waals surface area contributed by atoms with Gasteiger partial charge < -0.3 is 10.1 Å². The fourth-order valence-electron chi connectivity index (χ4n) is 1.66. The molecule has 0 fully saturated rings. The second-order valence-corrected chi connectivity index (χ2v) is 4.63. The fourth-order valence-corrected chi connectivity index (χ4v) is 1.82. The number of nitriles is 2. The minimum atomic E-state index is -0.0130. The van der Waals surface area contributed by atoms with Gasteiger partial charge in [-0.25, -0.2) is 0 Å². The molecule has 0 radical (unpaired) electrons. The molecule has 1 N–H and O–H groups in total. The van der Waals surface area contributed by atoms with E-state index in [1.807, 2.05) is 12.1 Å². The number of nitrogens with one attached hydrogen (secondary N) is 1. The predicted molar refractivity (Wildman–Crippen MR) is 82.1 cm³/mol. The van der Waals surface area contributed by atoms with Crippen molar-refractivity contribution in [3.05, 3.63) is 53.5 Å². The summed E-state index contributed by atoms with van der Waals surface area (Å²) in [6, 6.07) is 10.8. The Hall–Kier alpha value is -2.96. The van der Waals surface area contributed by atoms with Crippen LogP contribution in [0, 0.1) is 22.7 Å². The Morgan fingerprint density at radius 1 is 1.36 bits per heavy atom. The molecule has 0 unspecified atom stereocenters. The van der Waals surface area contributed by atoms with Gasteiger partial charge in [0.15, 0.2) is 0 Å². The Morgan fingerprint density at radius 2 is 2.14 bits per heavy atom. The molecule has 0 aliphatic carbocycles. The van der Waals surface area contributed by atoms with Gasteiger partial charge in [0.05, 0.1) is 23.5 Å². The zero-order valence-corrected chi connectivity index (χ0v) is 12.3. The van der Waals surface area contributed by atoms with E-state index < -0.39 is 0 Å². The second-order valence-electron chi connectivity index (χ2n) is 4.19. The van der Waals surface area contributed by atoms with Gasteiger partial charge in [-0.05, 0) is 12.1 Å². The van der Waals surface area contributed by atoms with Crippen LogP contribution >= 0.6 is 11.6 Å². The Kier molecular flexibility index (Phi) is 5.42.